The number of hydrogen-bond acceptors (Lipinski definition) is 5. The SMILES string of the molecule is C=C/C=C\C=C/C.CNS(=O)(=O)Cc1ccc2c(C3CCN(P(OC)Oc4ccccc4)CC3)c[nH]c2c1. The fourth-order valence-corrected chi connectivity index (χ4v) is 6.33. The molecule has 1 aliphatic heterocycles. The topological polar surface area (TPSA) is 83.7 Å². The van der Waals surface area contributed by atoms with Crippen molar-refractivity contribution < 1.29 is 17.5 Å². The van der Waals surface area contributed by atoms with Gasteiger partial charge in [0.05, 0.1) is 5.75 Å². The first kappa shape index (κ1) is 29.8. The van der Waals surface area contributed by atoms with Crippen molar-refractivity contribution in [1.82, 2.24) is 14.4 Å². The van der Waals surface area contributed by atoms with Crippen molar-refractivity contribution in [2.75, 3.05) is 27.2 Å². The number of hydrogen-bond donors (Lipinski definition) is 2. The molecule has 4 rings (SSSR count). The number of allylic oxidation sites excluding steroid dienone is 5. The van der Waals surface area contributed by atoms with Crippen LogP contribution in [0.5, 0.6) is 5.75 Å². The Morgan fingerprint density at radius 3 is 2.50 bits per heavy atom. The van der Waals surface area contributed by atoms with Gasteiger partial charge in [0.2, 0.25) is 10.0 Å². The highest BCUT2D eigenvalue weighted by atomic mass is 32.2. The Balaban J connectivity index is 0.000000505. The van der Waals surface area contributed by atoms with Gasteiger partial charge in [-0.2, -0.15) is 0 Å². The van der Waals surface area contributed by atoms with Gasteiger partial charge in [0.25, 0.3) is 0 Å². The van der Waals surface area contributed by atoms with Gasteiger partial charge in [-0.05, 0) is 62.1 Å². The Hall–Kier alpha value is -2.74. The van der Waals surface area contributed by atoms with E-state index in [2.05, 4.69) is 27.2 Å². The molecule has 38 heavy (non-hydrogen) atoms. The molecular weight excluding hydrogens is 517 g/mol. The normalized spacial score (nSPS) is 16.0. The third kappa shape index (κ3) is 8.65. The van der Waals surface area contributed by atoms with E-state index in [4.69, 9.17) is 9.05 Å². The summed E-state index contributed by atoms with van der Waals surface area (Å²) in [6.45, 7) is 7.30. The van der Waals surface area contributed by atoms with Gasteiger partial charge in [0, 0.05) is 37.3 Å². The maximum atomic E-state index is 11.8. The monoisotopic (exact) mass is 555 g/mol. The minimum Gasteiger partial charge on any atom is -0.436 e. The molecule has 9 heteroatoms. The summed E-state index contributed by atoms with van der Waals surface area (Å²) in [5, 5.41) is 1.17. The fraction of sp³-hybridized carbons (Fsp3) is 0.310. The molecule has 1 aromatic heterocycles. The van der Waals surface area contributed by atoms with E-state index in [0.717, 1.165) is 42.8 Å². The molecule has 3 aromatic rings. The fourth-order valence-electron chi connectivity index (χ4n) is 4.29. The Morgan fingerprint density at radius 2 is 1.87 bits per heavy atom. The molecule has 0 aliphatic carbocycles. The molecule has 2 aromatic carbocycles. The van der Waals surface area contributed by atoms with Gasteiger partial charge in [-0.25, -0.2) is 17.8 Å². The van der Waals surface area contributed by atoms with Crippen LogP contribution in [0.15, 0.2) is 91.7 Å². The standard InChI is InChI=1S/C22H28N3O4PS.C7H10/c1-23-31(26,27)16-17-8-9-20-21(15-24-22(20)14-17)18-10-12-25(13-11-18)30(28-2)29-19-6-4-3-5-7-19;1-3-5-7-6-4-2/h3-9,14-15,18,23-24H,10-13,16H2,1-2H3;3-7H,1H2,2H3/b;6-4-,7-5-. The molecule has 1 unspecified atom stereocenters. The number of sulfonamides is 1. The molecule has 0 amide bonds. The van der Waals surface area contributed by atoms with Crippen molar-refractivity contribution >= 4 is 29.5 Å². The smallest absolute Gasteiger partial charge is 0.320 e. The molecule has 1 fully saturated rings. The highest BCUT2D eigenvalue weighted by molar-refractivity contribution is 7.88. The molecule has 204 valence electrons. The quantitative estimate of drug-likeness (QED) is 0.216. The third-order valence-corrected chi connectivity index (χ3v) is 9.10. The number of para-hydroxylation sites is 1. The van der Waals surface area contributed by atoms with Crippen molar-refractivity contribution in [2.45, 2.75) is 31.4 Å². The summed E-state index contributed by atoms with van der Waals surface area (Å²) in [6, 6.07) is 15.7. The molecule has 1 aliphatic rings. The zero-order valence-corrected chi connectivity index (χ0v) is 24.0. The van der Waals surface area contributed by atoms with E-state index in [9.17, 15) is 8.42 Å². The van der Waals surface area contributed by atoms with Crippen LogP contribution in [-0.2, 0) is 20.3 Å². The van der Waals surface area contributed by atoms with Crippen LogP contribution in [0.2, 0.25) is 0 Å². The summed E-state index contributed by atoms with van der Waals surface area (Å²) in [5.74, 6) is 1.25. The average molecular weight is 556 g/mol. The second-order valence-electron chi connectivity index (χ2n) is 8.79. The van der Waals surface area contributed by atoms with Crippen LogP contribution in [0.1, 0.15) is 36.8 Å². The van der Waals surface area contributed by atoms with Crippen LogP contribution < -0.4 is 9.25 Å². The van der Waals surface area contributed by atoms with Gasteiger partial charge < -0.3 is 14.0 Å². The van der Waals surface area contributed by atoms with Crippen LogP contribution in [0.4, 0.5) is 0 Å². The Labute approximate surface area is 228 Å². The van der Waals surface area contributed by atoms with Crippen molar-refractivity contribution in [1.29, 1.82) is 0 Å². The molecule has 0 saturated carbocycles. The lowest BCUT2D eigenvalue weighted by atomic mass is 9.90. The number of benzene rings is 2. The number of aromatic amines is 1. The summed E-state index contributed by atoms with van der Waals surface area (Å²) in [4.78, 5) is 3.33. The second-order valence-corrected chi connectivity index (χ2v) is 12.3. The third-order valence-electron chi connectivity index (χ3n) is 6.22. The molecule has 2 N–H and O–H groups in total. The van der Waals surface area contributed by atoms with Crippen LogP contribution >= 0.6 is 8.53 Å². The molecule has 0 bridgehead atoms. The van der Waals surface area contributed by atoms with Gasteiger partial charge >= 0.3 is 8.53 Å². The first-order valence-corrected chi connectivity index (χ1v) is 15.4. The summed E-state index contributed by atoms with van der Waals surface area (Å²) < 4.78 is 40.1. The Bertz CT molecular complexity index is 1310. The lowest BCUT2D eigenvalue weighted by Gasteiger charge is -2.34. The lowest BCUT2D eigenvalue weighted by Crippen LogP contribution is -2.30. The number of fused-ring (bicyclic) bond motifs is 1. The highest BCUT2D eigenvalue weighted by Gasteiger charge is 2.29. The summed E-state index contributed by atoms with van der Waals surface area (Å²) in [7, 11) is -1.27. The summed E-state index contributed by atoms with van der Waals surface area (Å²) >= 11 is 0. The van der Waals surface area contributed by atoms with E-state index in [1.165, 1.54) is 18.0 Å². The van der Waals surface area contributed by atoms with Gasteiger partial charge in [0.1, 0.15) is 5.75 Å². The minimum absolute atomic E-state index is 0.0197. The van der Waals surface area contributed by atoms with Crippen molar-refractivity contribution in [2.24, 2.45) is 0 Å². The first-order chi connectivity index (χ1) is 18.4. The molecule has 1 saturated heterocycles. The molecule has 0 radical (unpaired) electrons. The molecule has 0 spiro atoms. The number of H-pyrrole nitrogens is 1. The van der Waals surface area contributed by atoms with Crippen molar-refractivity contribution in [3.05, 3.63) is 103 Å². The number of rotatable bonds is 10. The van der Waals surface area contributed by atoms with Crippen LogP contribution in [0.3, 0.4) is 0 Å². The van der Waals surface area contributed by atoms with Crippen molar-refractivity contribution in [3.8, 4) is 5.75 Å². The van der Waals surface area contributed by atoms with E-state index >= 15 is 0 Å². The average Bonchev–Trinajstić information content (AvgIpc) is 3.36. The molecule has 1 atom stereocenters. The van der Waals surface area contributed by atoms with Crippen LogP contribution in [0.25, 0.3) is 10.9 Å². The largest absolute Gasteiger partial charge is 0.436 e. The predicted molar refractivity (Wildman–Crippen MR) is 159 cm³/mol. The van der Waals surface area contributed by atoms with E-state index in [-0.39, 0.29) is 5.75 Å². The Kier molecular flexibility index (Phi) is 11.8. The van der Waals surface area contributed by atoms with Gasteiger partial charge in [0.15, 0.2) is 0 Å². The number of piperidine rings is 1. The zero-order chi connectivity index (χ0) is 27.4. The van der Waals surface area contributed by atoms with E-state index < -0.39 is 18.5 Å². The molecule has 2 heterocycles. The van der Waals surface area contributed by atoms with Crippen LogP contribution in [-0.4, -0.2) is 45.3 Å². The van der Waals surface area contributed by atoms with E-state index in [1.54, 1.807) is 13.2 Å². The van der Waals surface area contributed by atoms with Gasteiger partial charge in [-0.15, -0.1) is 0 Å². The highest BCUT2D eigenvalue weighted by Crippen LogP contribution is 2.46. The van der Waals surface area contributed by atoms with E-state index in [0.29, 0.717) is 5.92 Å². The minimum atomic E-state index is -3.29. The second kappa shape index (κ2) is 15.0. The Morgan fingerprint density at radius 1 is 1.13 bits per heavy atom. The van der Waals surface area contributed by atoms with E-state index in [1.807, 2.05) is 79.8 Å². The first-order valence-electron chi connectivity index (χ1n) is 12.6. The maximum absolute atomic E-state index is 11.8. The number of nitrogens with one attached hydrogen (secondary N) is 2. The molecular formula is C29H38N3O4PS. The van der Waals surface area contributed by atoms with Crippen LogP contribution in [0, 0.1) is 0 Å². The summed E-state index contributed by atoms with van der Waals surface area (Å²) in [5.41, 5.74) is 3.05. The van der Waals surface area contributed by atoms with Crippen molar-refractivity contribution in [3.63, 3.8) is 0 Å². The zero-order valence-electron chi connectivity index (χ0n) is 22.3. The predicted octanol–water partition coefficient (Wildman–Crippen LogP) is 6.65. The number of aromatic nitrogens is 1. The molecule has 7 nitrogen and oxygen atoms in total. The van der Waals surface area contributed by atoms with Gasteiger partial charge in [-0.3, -0.25) is 0 Å². The summed E-state index contributed by atoms with van der Waals surface area (Å²) in [6.07, 6.45) is 13.6. The number of nitrogens with zero attached hydrogens (tertiary/aromatic N) is 1. The lowest BCUT2D eigenvalue weighted by molar-refractivity contribution is 0.263. The maximum Gasteiger partial charge on any atom is 0.320 e. The van der Waals surface area contributed by atoms with Gasteiger partial charge in [-0.1, -0.05) is 67.3 Å².